The molecule has 1 aromatic carbocycles. The molecule has 1 fully saturated rings. The predicted octanol–water partition coefficient (Wildman–Crippen LogP) is 2.90. The van der Waals surface area contributed by atoms with Gasteiger partial charge in [-0.15, -0.1) is 0 Å². The minimum absolute atomic E-state index is 0.171. The predicted molar refractivity (Wildman–Crippen MR) is 85.8 cm³/mol. The van der Waals surface area contributed by atoms with Crippen LogP contribution in [0, 0.1) is 0 Å². The minimum Gasteiger partial charge on any atom is -0.377 e. The van der Waals surface area contributed by atoms with Crippen molar-refractivity contribution in [3.8, 4) is 0 Å². The van der Waals surface area contributed by atoms with Crippen LogP contribution in [0.25, 0.3) is 10.9 Å². The SMILES string of the molecule is O=c1c2cc(Cl)cc(Cl)c2ncn1CCOC[C@H]1CCCO1. The van der Waals surface area contributed by atoms with E-state index in [9.17, 15) is 4.79 Å². The number of fused-ring (bicyclic) bond motifs is 1. The summed E-state index contributed by atoms with van der Waals surface area (Å²) in [4.78, 5) is 16.6. The summed E-state index contributed by atoms with van der Waals surface area (Å²) in [7, 11) is 0. The van der Waals surface area contributed by atoms with E-state index in [1.165, 1.54) is 10.9 Å². The molecule has 0 N–H and O–H groups in total. The second-order valence-electron chi connectivity index (χ2n) is 5.24. The molecule has 1 saturated heterocycles. The molecule has 0 aliphatic carbocycles. The summed E-state index contributed by atoms with van der Waals surface area (Å²) >= 11 is 12.0. The van der Waals surface area contributed by atoms with Crippen LogP contribution >= 0.6 is 23.2 Å². The molecule has 1 aromatic heterocycles. The van der Waals surface area contributed by atoms with Crippen LogP contribution in [0.4, 0.5) is 0 Å². The third kappa shape index (κ3) is 3.43. The van der Waals surface area contributed by atoms with Crippen LogP contribution in [0.5, 0.6) is 0 Å². The van der Waals surface area contributed by atoms with Crippen molar-refractivity contribution in [2.75, 3.05) is 19.8 Å². The molecule has 0 amide bonds. The molecule has 0 unspecified atom stereocenters. The van der Waals surface area contributed by atoms with Crippen LogP contribution in [0.3, 0.4) is 0 Å². The molecule has 1 aliphatic heterocycles. The van der Waals surface area contributed by atoms with Crippen molar-refractivity contribution < 1.29 is 9.47 Å². The van der Waals surface area contributed by atoms with Gasteiger partial charge in [-0.3, -0.25) is 9.36 Å². The summed E-state index contributed by atoms with van der Waals surface area (Å²) < 4.78 is 12.6. The number of nitrogens with zero attached hydrogens (tertiary/aromatic N) is 2. The fourth-order valence-electron chi connectivity index (χ4n) is 2.51. The molecule has 5 nitrogen and oxygen atoms in total. The lowest BCUT2D eigenvalue weighted by atomic mass is 10.2. The van der Waals surface area contributed by atoms with Crippen molar-refractivity contribution in [3.05, 3.63) is 38.9 Å². The molecule has 2 aromatic rings. The number of hydrogen-bond donors (Lipinski definition) is 0. The van der Waals surface area contributed by atoms with E-state index in [1.807, 2.05) is 0 Å². The maximum atomic E-state index is 12.4. The van der Waals surface area contributed by atoms with Gasteiger partial charge in [0.05, 0.1) is 48.1 Å². The second-order valence-corrected chi connectivity index (χ2v) is 6.08. The Hall–Kier alpha value is -1.14. The summed E-state index contributed by atoms with van der Waals surface area (Å²) in [6.45, 7) is 2.23. The molecule has 1 atom stereocenters. The normalized spacial score (nSPS) is 18.2. The van der Waals surface area contributed by atoms with Gasteiger partial charge in [0.15, 0.2) is 0 Å². The Labute approximate surface area is 137 Å². The fraction of sp³-hybridized carbons (Fsp3) is 0.467. The lowest BCUT2D eigenvalue weighted by Gasteiger charge is -2.11. The highest BCUT2D eigenvalue weighted by Crippen LogP contribution is 2.23. The van der Waals surface area contributed by atoms with Crippen molar-refractivity contribution in [3.63, 3.8) is 0 Å². The van der Waals surface area contributed by atoms with E-state index < -0.39 is 0 Å². The number of rotatable bonds is 5. The number of hydrogen-bond acceptors (Lipinski definition) is 4. The average Bonchev–Trinajstić information content (AvgIpc) is 2.99. The van der Waals surface area contributed by atoms with E-state index in [-0.39, 0.29) is 11.7 Å². The molecule has 0 spiro atoms. The van der Waals surface area contributed by atoms with Crippen molar-refractivity contribution in [1.82, 2.24) is 9.55 Å². The lowest BCUT2D eigenvalue weighted by molar-refractivity contribution is 0.0146. The first-order valence-corrected chi connectivity index (χ1v) is 7.94. The molecule has 1 aliphatic rings. The van der Waals surface area contributed by atoms with Gasteiger partial charge in [-0.1, -0.05) is 23.2 Å². The van der Waals surface area contributed by atoms with Crippen molar-refractivity contribution in [1.29, 1.82) is 0 Å². The lowest BCUT2D eigenvalue weighted by Crippen LogP contribution is -2.24. The molecule has 2 heterocycles. The summed E-state index contributed by atoms with van der Waals surface area (Å²) in [6, 6.07) is 3.16. The van der Waals surface area contributed by atoms with Gasteiger partial charge in [0.1, 0.15) is 0 Å². The van der Waals surface area contributed by atoms with E-state index in [0.717, 1.165) is 19.4 Å². The van der Waals surface area contributed by atoms with E-state index >= 15 is 0 Å². The van der Waals surface area contributed by atoms with Gasteiger partial charge in [0.25, 0.3) is 5.56 Å². The molecule has 22 heavy (non-hydrogen) atoms. The van der Waals surface area contributed by atoms with Crippen molar-refractivity contribution in [2.24, 2.45) is 0 Å². The second kappa shape index (κ2) is 6.96. The van der Waals surface area contributed by atoms with Crippen LogP contribution in [-0.2, 0) is 16.0 Å². The third-order valence-corrected chi connectivity index (χ3v) is 4.16. The van der Waals surface area contributed by atoms with E-state index in [1.54, 1.807) is 12.1 Å². The Morgan fingerprint density at radius 1 is 1.41 bits per heavy atom. The number of ether oxygens (including phenoxy) is 2. The first-order valence-electron chi connectivity index (χ1n) is 7.18. The number of aromatic nitrogens is 2. The Bertz CT molecular complexity index is 727. The monoisotopic (exact) mass is 342 g/mol. The van der Waals surface area contributed by atoms with E-state index in [0.29, 0.717) is 40.7 Å². The van der Waals surface area contributed by atoms with E-state index in [2.05, 4.69) is 4.98 Å². The van der Waals surface area contributed by atoms with Crippen LogP contribution in [0.15, 0.2) is 23.3 Å². The molecule has 0 saturated carbocycles. The fourth-order valence-corrected chi connectivity index (χ4v) is 3.05. The van der Waals surface area contributed by atoms with Gasteiger partial charge < -0.3 is 9.47 Å². The standard InChI is InChI=1S/C15H16Cl2N2O3/c16-10-6-12-14(13(17)7-10)18-9-19(15(12)20)3-5-21-8-11-2-1-4-22-11/h6-7,9,11H,1-5,8H2/t11-/m1/s1. The zero-order valence-corrected chi connectivity index (χ0v) is 13.4. The topological polar surface area (TPSA) is 53.4 Å². The summed E-state index contributed by atoms with van der Waals surface area (Å²) in [6.07, 6.45) is 3.79. The quantitative estimate of drug-likeness (QED) is 0.784. The van der Waals surface area contributed by atoms with Gasteiger partial charge in [-0.2, -0.15) is 0 Å². The third-order valence-electron chi connectivity index (χ3n) is 3.65. The molecular weight excluding hydrogens is 327 g/mol. The van der Waals surface area contributed by atoms with Crippen LogP contribution in [0.1, 0.15) is 12.8 Å². The van der Waals surface area contributed by atoms with Crippen LogP contribution in [-0.4, -0.2) is 35.5 Å². The van der Waals surface area contributed by atoms with Gasteiger partial charge in [0.2, 0.25) is 0 Å². The van der Waals surface area contributed by atoms with Crippen LogP contribution in [0.2, 0.25) is 10.0 Å². The zero-order chi connectivity index (χ0) is 15.5. The Balaban J connectivity index is 1.68. The summed E-state index contributed by atoms with van der Waals surface area (Å²) in [5.74, 6) is 0. The molecule has 7 heteroatoms. The minimum atomic E-state index is -0.171. The summed E-state index contributed by atoms with van der Waals surface area (Å²) in [5.41, 5.74) is 0.294. The highest BCUT2D eigenvalue weighted by Gasteiger charge is 2.15. The molecular formula is C15H16Cl2N2O3. The van der Waals surface area contributed by atoms with Gasteiger partial charge in [0, 0.05) is 11.6 Å². The highest BCUT2D eigenvalue weighted by molar-refractivity contribution is 6.38. The molecule has 0 radical (unpaired) electrons. The van der Waals surface area contributed by atoms with Gasteiger partial charge in [-0.25, -0.2) is 4.98 Å². The summed E-state index contributed by atoms with van der Waals surface area (Å²) in [5, 5.41) is 1.21. The van der Waals surface area contributed by atoms with Crippen molar-refractivity contribution >= 4 is 34.1 Å². The zero-order valence-electron chi connectivity index (χ0n) is 11.9. The largest absolute Gasteiger partial charge is 0.377 e. The Morgan fingerprint density at radius 3 is 3.05 bits per heavy atom. The molecule has 118 valence electrons. The molecule has 3 rings (SSSR count). The maximum Gasteiger partial charge on any atom is 0.261 e. The Kier molecular flexibility index (Phi) is 4.98. The van der Waals surface area contributed by atoms with Gasteiger partial charge in [-0.05, 0) is 25.0 Å². The molecule has 0 bridgehead atoms. The Morgan fingerprint density at radius 2 is 2.27 bits per heavy atom. The van der Waals surface area contributed by atoms with E-state index in [4.69, 9.17) is 32.7 Å². The number of halogens is 2. The van der Waals surface area contributed by atoms with Crippen LogP contribution < -0.4 is 5.56 Å². The van der Waals surface area contributed by atoms with Gasteiger partial charge >= 0.3 is 0 Å². The number of benzene rings is 1. The average molecular weight is 343 g/mol. The smallest absolute Gasteiger partial charge is 0.261 e. The van der Waals surface area contributed by atoms with Crippen molar-refractivity contribution in [2.45, 2.75) is 25.5 Å². The highest BCUT2D eigenvalue weighted by atomic mass is 35.5. The maximum absolute atomic E-state index is 12.4. The first-order chi connectivity index (χ1) is 10.6. The first kappa shape index (κ1) is 15.7.